The predicted octanol–water partition coefficient (Wildman–Crippen LogP) is 8.34. The Hall–Kier alpha value is -4.13. The number of ether oxygens (including phenoxy) is 2. The van der Waals surface area contributed by atoms with Gasteiger partial charge in [-0.05, 0) is 92.0 Å². The molecule has 2 amide bonds. The van der Waals surface area contributed by atoms with E-state index in [4.69, 9.17) is 9.47 Å². The number of hydrogen-bond donors (Lipinski definition) is 1. The van der Waals surface area contributed by atoms with Crippen molar-refractivity contribution in [2.45, 2.75) is 105 Å². The second kappa shape index (κ2) is 13.2. The van der Waals surface area contributed by atoms with Gasteiger partial charge in [0, 0.05) is 11.3 Å². The van der Waals surface area contributed by atoms with Gasteiger partial charge in [0.1, 0.15) is 11.5 Å². The van der Waals surface area contributed by atoms with Crippen LogP contribution in [0, 0.1) is 6.92 Å². The molecule has 1 heterocycles. The van der Waals surface area contributed by atoms with E-state index in [-0.39, 0.29) is 22.6 Å². The van der Waals surface area contributed by atoms with Crippen LogP contribution in [-0.4, -0.2) is 29.7 Å². The van der Waals surface area contributed by atoms with E-state index in [1.54, 1.807) is 31.2 Å². The highest BCUT2D eigenvalue weighted by Crippen LogP contribution is 2.39. The molecule has 0 radical (unpaired) electrons. The van der Waals surface area contributed by atoms with Crippen LogP contribution in [0.1, 0.15) is 91.3 Å². The molecular weight excluding hydrogens is 550 g/mol. The van der Waals surface area contributed by atoms with Crippen molar-refractivity contribution in [1.82, 2.24) is 0 Å². The predicted molar refractivity (Wildman–Crippen MR) is 179 cm³/mol. The second-order valence-electron chi connectivity index (χ2n) is 12.9. The molecule has 0 spiro atoms. The van der Waals surface area contributed by atoms with Crippen molar-refractivity contribution in [1.29, 1.82) is 0 Å². The van der Waals surface area contributed by atoms with Gasteiger partial charge in [-0.25, -0.2) is 0 Å². The van der Waals surface area contributed by atoms with Crippen molar-refractivity contribution in [3.8, 4) is 11.5 Å². The number of rotatable bonds is 12. The quantitative estimate of drug-likeness (QED) is 0.228. The third-order valence-corrected chi connectivity index (χ3v) is 8.91. The second-order valence-corrected chi connectivity index (χ2v) is 12.9. The molecule has 234 valence electrons. The number of carbonyl (C=O) groups is 2. The number of nitrogens with one attached hydrogen (secondary N) is 1. The summed E-state index contributed by atoms with van der Waals surface area (Å²) in [6.45, 7) is 19.0. The van der Waals surface area contributed by atoms with Crippen molar-refractivity contribution in [2.24, 2.45) is 5.10 Å². The Morgan fingerprint density at radius 2 is 1.55 bits per heavy atom. The van der Waals surface area contributed by atoms with Gasteiger partial charge in [-0.2, -0.15) is 10.1 Å². The minimum absolute atomic E-state index is 0.0452. The van der Waals surface area contributed by atoms with E-state index in [2.05, 4.69) is 64.1 Å². The molecule has 4 rings (SSSR count). The maximum Gasteiger partial charge on any atom is 0.294 e. The zero-order valence-corrected chi connectivity index (χ0v) is 27.7. The molecule has 0 aromatic heterocycles. The molecule has 2 unspecified atom stereocenters. The van der Waals surface area contributed by atoms with Gasteiger partial charge in [-0.15, -0.1) is 0 Å². The van der Waals surface area contributed by atoms with Gasteiger partial charge in [0.15, 0.2) is 6.10 Å². The van der Waals surface area contributed by atoms with Crippen LogP contribution >= 0.6 is 0 Å². The van der Waals surface area contributed by atoms with E-state index in [0.717, 1.165) is 29.7 Å². The summed E-state index contributed by atoms with van der Waals surface area (Å²) in [5.41, 5.74) is 5.20. The van der Waals surface area contributed by atoms with Crippen molar-refractivity contribution in [2.75, 3.05) is 10.3 Å². The Morgan fingerprint density at radius 1 is 0.909 bits per heavy atom. The number of benzene rings is 3. The Balaban J connectivity index is 1.46. The van der Waals surface area contributed by atoms with Gasteiger partial charge in [0.2, 0.25) is 6.10 Å². The lowest BCUT2D eigenvalue weighted by Gasteiger charge is -2.31. The fraction of sp³-hybridized carbons (Fsp3) is 0.432. The zero-order chi connectivity index (χ0) is 32.2. The monoisotopic (exact) mass is 597 g/mol. The zero-order valence-electron chi connectivity index (χ0n) is 27.7. The van der Waals surface area contributed by atoms with E-state index in [1.807, 2.05) is 44.2 Å². The Bertz CT molecular complexity index is 1510. The fourth-order valence-corrected chi connectivity index (χ4v) is 4.98. The largest absolute Gasteiger partial charge is 0.480 e. The standard InChI is InChI=1S/C37H47N3O4/c1-10-31(44-32-22-15-26(36(6,7)11-2)23-30(32)37(8,9)12-3)34(41)38-27-16-18-28(19-17-27)40-35(42)33(25(5)39-40)43-29-20-13-24(4)14-21-29/h13-23,31,33H,10-12H2,1-9H3,(H,38,41). The van der Waals surface area contributed by atoms with E-state index >= 15 is 0 Å². The average molecular weight is 598 g/mol. The number of aryl methyl sites for hydroxylation is 1. The van der Waals surface area contributed by atoms with Crippen LogP contribution in [0.3, 0.4) is 0 Å². The van der Waals surface area contributed by atoms with E-state index in [1.165, 1.54) is 10.6 Å². The summed E-state index contributed by atoms with van der Waals surface area (Å²) >= 11 is 0. The summed E-state index contributed by atoms with van der Waals surface area (Å²) < 4.78 is 12.4. The van der Waals surface area contributed by atoms with Gasteiger partial charge in [0.05, 0.1) is 11.4 Å². The molecule has 1 aliphatic heterocycles. The lowest BCUT2D eigenvalue weighted by molar-refractivity contribution is -0.123. The van der Waals surface area contributed by atoms with Crippen molar-refractivity contribution < 1.29 is 19.1 Å². The van der Waals surface area contributed by atoms with Gasteiger partial charge >= 0.3 is 0 Å². The first-order valence-corrected chi connectivity index (χ1v) is 15.6. The van der Waals surface area contributed by atoms with E-state index in [9.17, 15) is 9.59 Å². The molecule has 0 bridgehead atoms. The number of amides is 2. The first-order valence-electron chi connectivity index (χ1n) is 15.6. The van der Waals surface area contributed by atoms with Crippen LogP contribution in [0.5, 0.6) is 11.5 Å². The number of carbonyl (C=O) groups excluding carboxylic acids is 2. The number of nitrogens with zero attached hydrogens (tertiary/aromatic N) is 2. The summed E-state index contributed by atoms with van der Waals surface area (Å²) in [5, 5.41) is 8.78. The molecule has 3 aromatic carbocycles. The van der Waals surface area contributed by atoms with Crippen LogP contribution in [0.2, 0.25) is 0 Å². The minimum Gasteiger partial charge on any atom is -0.480 e. The number of anilines is 2. The van der Waals surface area contributed by atoms with Crippen LogP contribution in [0.25, 0.3) is 0 Å². The molecule has 0 saturated heterocycles. The molecule has 2 atom stereocenters. The first-order chi connectivity index (χ1) is 20.8. The van der Waals surface area contributed by atoms with E-state index < -0.39 is 12.2 Å². The third-order valence-electron chi connectivity index (χ3n) is 8.91. The molecule has 0 saturated carbocycles. The highest BCUT2D eigenvalue weighted by atomic mass is 16.5. The Morgan fingerprint density at radius 3 is 2.14 bits per heavy atom. The lowest BCUT2D eigenvalue weighted by Crippen LogP contribution is -2.36. The van der Waals surface area contributed by atoms with E-state index in [0.29, 0.717) is 29.3 Å². The molecule has 0 fully saturated rings. The number of hydrogen-bond acceptors (Lipinski definition) is 5. The molecular formula is C37H47N3O4. The van der Waals surface area contributed by atoms with Gasteiger partial charge in [-0.1, -0.05) is 78.3 Å². The summed E-state index contributed by atoms with van der Waals surface area (Å²) in [7, 11) is 0. The Labute approximate surface area is 262 Å². The first kappa shape index (κ1) is 32.8. The maximum absolute atomic E-state index is 13.4. The average Bonchev–Trinajstić information content (AvgIpc) is 3.29. The molecule has 7 nitrogen and oxygen atoms in total. The smallest absolute Gasteiger partial charge is 0.294 e. The number of hydrazone groups is 1. The molecule has 1 N–H and O–H groups in total. The fourth-order valence-electron chi connectivity index (χ4n) is 4.98. The highest BCUT2D eigenvalue weighted by molar-refractivity contribution is 6.17. The Kier molecular flexibility index (Phi) is 9.87. The van der Waals surface area contributed by atoms with Crippen LogP contribution in [0.4, 0.5) is 11.4 Å². The third kappa shape index (κ3) is 7.15. The molecule has 7 heteroatoms. The normalized spacial score (nSPS) is 16.0. The topological polar surface area (TPSA) is 80.2 Å². The lowest BCUT2D eigenvalue weighted by atomic mass is 9.76. The van der Waals surface area contributed by atoms with Gasteiger partial charge in [0.25, 0.3) is 11.8 Å². The molecule has 3 aromatic rings. The van der Waals surface area contributed by atoms with Crippen LogP contribution in [-0.2, 0) is 20.4 Å². The van der Waals surface area contributed by atoms with Gasteiger partial charge < -0.3 is 14.8 Å². The minimum atomic E-state index is -0.788. The van der Waals surface area contributed by atoms with Crippen molar-refractivity contribution >= 4 is 28.9 Å². The van der Waals surface area contributed by atoms with Crippen LogP contribution in [0.15, 0.2) is 71.8 Å². The summed E-state index contributed by atoms with van der Waals surface area (Å²) in [6.07, 6.45) is 1.02. The molecule has 1 aliphatic rings. The van der Waals surface area contributed by atoms with Crippen molar-refractivity contribution in [3.63, 3.8) is 0 Å². The SMILES string of the molecule is CCC(Oc1ccc(C(C)(C)CC)cc1C(C)(C)CC)C(=O)Nc1ccc(N2N=C(C)C(Oc3ccc(C)cc3)C2=O)cc1. The maximum atomic E-state index is 13.4. The van der Waals surface area contributed by atoms with Gasteiger partial charge in [-0.3, -0.25) is 9.59 Å². The molecule has 0 aliphatic carbocycles. The summed E-state index contributed by atoms with van der Waals surface area (Å²) in [5.74, 6) is 0.866. The summed E-state index contributed by atoms with van der Waals surface area (Å²) in [6, 6.07) is 21.0. The highest BCUT2D eigenvalue weighted by Gasteiger charge is 2.36. The van der Waals surface area contributed by atoms with Crippen molar-refractivity contribution in [3.05, 3.63) is 83.4 Å². The summed E-state index contributed by atoms with van der Waals surface area (Å²) in [4.78, 5) is 26.6. The van der Waals surface area contributed by atoms with Crippen LogP contribution < -0.4 is 19.8 Å². The molecule has 44 heavy (non-hydrogen) atoms.